The number of nitrogens with one attached hydrogen (secondary N) is 2. The van der Waals surface area contributed by atoms with Crippen LogP contribution in [0, 0.1) is 13.8 Å². The Balaban J connectivity index is 1.62. The number of hydrogen-bond acceptors (Lipinski definition) is 4. The molecule has 6 heteroatoms. The summed E-state index contributed by atoms with van der Waals surface area (Å²) in [6, 6.07) is 22.4. The number of aryl methyl sites for hydroxylation is 2. The molecular formula is C22H20N2O2S2. The summed E-state index contributed by atoms with van der Waals surface area (Å²) in [5.74, 6) is -0.482. The first kappa shape index (κ1) is 20.0. The molecule has 0 atom stereocenters. The Morgan fingerprint density at radius 1 is 0.643 bits per heavy atom. The van der Waals surface area contributed by atoms with E-state index in [4.69, 9.17) is 0 Å². The first-order valence-corrected chi connectivity index (χ1v) is 10.3. The van der Waals surface area contributed by atoms with Crippen LogP contribution in [0.1, 0.15) is 31.8 Å². The molecule has 0 radical (unpaired) electrons. The van der Waals surface area contributed by atoms with Crippen molar-refractivity contribution < 1.29 is 9.59 Å². The van der Waals surface area contributed by atoms with Crippen LogP contribution in [0.15, 0.2) is 82.6 Å². The third kappa shape index (κ3) is 5.18. The third-order valence-electron chi connectivity index (χ3n) is 4.08. The molecule has 0 aliphatic carbocycles. The van der Waals surface area contributed by atoms with Gasteiger partial charge in [-0.15, -0.1) is 0 Å². The maximum absolute atomic E-state index is 12.5. The van der Waals surface area contributed by atoms with Crippen LogP contribution in [-0.4, -0.2) is 11.8 Å². The SMILES string of the molecule is Cc1ccccc1SNC(=O)c1cccc(C(=O)NSc2ccccc2C)c1. The fraction of sp³-hybridized carbons (Fsp3) is 0.0909. The lowest BCUT2D eigenvalue weighted by atomic mass is 10.1. The van der Waals surface area contributed by atoms with Gasteiger partial charge in [-0.3, -0.25) is 19.0 Å². The van der Waals surface area contributed by atoms with E-state index in [1.807, 2.05) is 62.4 Å². The summed E-state index contributed by atoms with van der Waals surface area (Å²) in [7, 11) is 0. The maximum atomic E-state index is 12.5. The summed E-state index contributed by atoms with van der Waals surface area (Å²) in [5.41, 5.74) is 3.06. The van der Waals surface area contributed by atoms with Crippen molar-refractivity contribution in [3.63, 3.8) is 0 Å². The van der Waals surface area contributed by atoms with Crippen molar-refractivity contribution in [2.75, 3.05) is 0 Å². The average molecular weight is 409 g/mol. The smallest absolute Gasteiger partial charge is 0.261 e. The van der Waals surface area contributed by atoms with Crippen LogP contribution >= 0.6 is 23.9 Å². The van der Waals surface area contributed by atoms with Crippen molar-refractivity contribution in [1.82, 2.24) is 9.44 Å². The molecular weight excluding hydrogens is 388 g/mol. The lowest BCUT2D eigenvalue weighted by Crippen LogP contribution is -2.19. The second-order valence-electron chi connectivity index (χ2n) is 6.18. The molecule has 0 aliphatic heterocycles. The van der Waals surface area contributed by atoms with Crippen LogP contribution in [0.4, 0.5) is 0 Å². The van der Waals surface area contributed by atoms with Crippen LogP contribution in [0.3, 0.4) is 0 Å². The molecule has 0 unspecified atom stereocenters. The van der Waals surface area contributed by atoms with Crippen LogP contribution in [-0.2, 0) is 0 Å². The molecule has 0 heterocycles. The molecule has 4 nitrogen and oxygen atoms in total. The predicted octanol–water partition coefficient (Wildman–Crippen LogP) is 5.18. The van der Waals surface area contributed by atoms with E-state index >= 15 is 0 Å². The zero-order chi connectivity index (χ0) is 19.9. The number of rotatable bonds is 6. The zero-order valence-corrected chi connectivity index (χ0v) is 17.2. The highest BCUT2D eigenvalue weighted by molar-refractivity contribution is 7.98. The molecule has 3 aromatic rings. The van der Waals surface area contributed by atoms with E-state index in [0.717, 1.165) is 20.9 Å². The Kier molecular flexibility index (Phi) is 6.79. The molecule has 142 valence electrons. The van der Waals surface area contributed by atoms with Gasteiger partial charge in [-0.05, 0) is 79.2 Å². The molecule has 0 aromatic heterocycles. The highest BCUT2D eigenvalue weighted by Gasteiger charge is 2.12. The lowest BCUT2D eigenvalue weighted by molar-refractivity contribution is 0.0983. The predicted molar refractivity (Wildman–Crippen MR) is 115 cm³/mol. The largest absolute Gasteiger partial charge is 0.292 e. The van der Waals surface area contributed by atoms with Crippen molar-refractivity contribution in [3.8, 4) is 0 Å². The van der Waals surface area contributed by atoms with Crippen LogP contribution in [0.25, 0.3) is 0 Å². The maximum Gasteiger partial charge on any atom is 0.261 e. The van der Waals surface area contributed by atoms with Gasteiger partial charge in [0, 0.05) is 20.9 Å². The summed E-state index contributed by atoms with van der Waals surface area (Å²) in [5, 5.41) is 0. The minimum atomic E-state index is -0.241. The highest BCUT2D eigenvalue weighted by atomic mass is 32.2. The third-order valence-corrected chi connectivity index (χ3v) is 6.01. The normalized spacial score (nSPS) is 10.4. The van der Waals surface area contributed by atoms with Crippen molar-refractivity contribution >= 4 is 35.7 Å². The zero-order valence-electron chi connectivity index (χ0n) is 15.6. The van der Waals surface area contributed by atoms with Gasteiger partial charge in [0.25, 0.3) is 11.8 Å². The topological polar surface area (TPSA) is 58.2 Å². The van der Waals surface area contributed by atoms with E-state index in [-0.39, 0.29) is 11.8 Å². The van der Waals surface area contributed by atoms with Crippen LogP contribution < -0.4 is 9.44 Å². The highest BCUT2D eigenvalue weighted by Crippen LogP contribution is 2.21. The molecule has 0 spiro atoms. The average Bonchev–Trinajstić information content (AvgIpc) is 2.72. The first-order chi connectivity index (χ1) is 13.5. The lowest BCUT2D eigenvalue weighted by Gasteiger charge is -2.09. The van der Waals surface area contributed by atoms with E-state index in [9.17, 15) is 9.59 Å². The van der Waals surface area contributed by atoms with E-state index < -0.39 is 0 Å². The van der Waals surface area contributed by atoms with Crippen molar-refractivity contribution in [1.29, 1.82) is 0 Å². The van der Waals surface area contributed by atoms with Crippen LogP contribution in [0.2, 0.25) is 0 Å². The Morgan fingerprint density at radius 3 is 1.50 bits per heavy atom. The molecule has 3 aromatic carbocycles. The summed E-state index contributed by atoms with van der Waals surface area (Å²) in [6.07, 6.45) is 0. The molecule has 0 saturated carbocycles. The van der Waals surface area contributed by atoms with Crippen molar-refractivity contribution in [3.05, 3.63) is 95.1 Å². The quantitative estimate of drug-likeness (QED) is 0.552. The second kappa shape index (κ2) is 9.48. The van der Waals surface area contributed by atoms with Gasteiger partial charge in [0.2, 0.25) is 0 Å². The van der Waals surface area contributed by atoms with Gasteiger partial charge in [0.05, 0.1) is 0 Å². The van der Waals surface area contributed by atoms with Crippen molar-refractivity contribution in [2.24, 2.45) is 0 Å². The fourth-order valence-electron chi connectivity index (χ4n) is 2.46. The molecule has 0 bridgehead atoms. The van der Waals surface area contributed by atoms with Crippen LogP contribution in [0.5, 0.6) is 0 Å². The molecule has 2 N–H and O–H groups in total. The molecule has 0 aliphatic rings. The van der Waals surface area contributed by atoms with E-state index in [2.05, 4.69) is 9.44 Å². The van der Waals surface area contributed by atoms with Gasteiger partial charge in [-0.1, -0.05) is 42.5 Å². The van der Waals surface area contributed by atoms with E-state index in [0.29, 0.717) is 11.1 Å². The van der Waals surface area contributed by atoms with Gasteiger partial charge < -0.3 is 0 Å². The minimum absolute atomic E-state index is 0.241. The van der Waals surface area contributed by atoms with Crippen molar-refractivity contribution in [2.45, 2.75) is 23.6 Å². The number of hydrogen-bond donors (Lipinski definition) is 2. The van der Waals surface area contributed by atoms with Gasteiger partial charge in [-0.2, -0.15) is 0 Å². The number of carbonyl (C=O) groups excluding carboxylic acids is 2. The van der Waals surface area contributed by atoms with Gasteiger partial charge in [-0.25, -0.2) is 0 Å². The van der Waals surface area contributed by atoms with E-state index in [1.165, 1.54) is 23.9 Å². The second-order valence-corrected chi connectivity index (χ2v) is 7.87. The fourth-order valence-corrected chi connectivity index (χ4v) is 3.86. The first-order valence-electron chi connectivity index (χ1n) is 8.70. The summed E-state index contributed by atoms with van der Waals surface area (Å²) in [6.45, 7) is 3.98. The number of carbonyl (C=O) groups is 2. The van der Waals surface area contributed by atoms with Gasteiger partial charge in [0.15, 0.2) is 0 Å². The Labute approximate surface area is 173 Å². The number of benzene rings is 3. The standard InChI is InChI=1S/C22H20N2O2S2/c1-15-8-3-5-12-19(15)27-23-21(25)17-10-7-11-18(14-17)22(26)24-28-20-13-6-4-9-16(20)2/h3-14H,1-2H3,(H,23,25)(H,24,26). The minimum Gasteiger partial charge on any atom is -0.292 e. The molecule has 28 heavy (non-hydrogen) atoms. The molecule has 3 rings (SSSR count). The summed E-state index contributed by atoms with van der Waals surface area (Å²) >= 11 is 2.54. The summed E-state index contributed by atoms with van der Waals surface area (Å²) < 4.78 is 5.66. The van der Waals surface area contributed by atoms with Gasteiger partial charge in [0.1, 0.15) is 0 Å². The van der Waals surface area contributed by atoms with E-state index in [1.54, 1.807) is 24.3 Å². The Bertz CT molecular complexity index is 928. The number of amides is 2. The molecule has 2 amide bonds. The Hall–Kier alpha value is -2.70. The Morgan fingerprint density at radius 2 is 1.07 bits per heavy atom. The molecule has 0 fully saturated rings. The van der Waals surface area contributed by atoms with Gasteiger partial charge >= 0.3 is 0 Å². The molecule has 0 saturated heterocycles. The summed E-state index contributed by atoms with van der Waals surface area (Å²) in [4.78, 5) is 26.9. The monoisotopic (exact) mass is 408 g/mol.